The monoisotopic (exact) mass is 412 g/mol. The molecule has 1 nitrogen and oxygen atoms in total. The standard InChI is InChI=1S/C19H16F8O/c1-2-3-11-4-6-13(14(20)8-11)7-5-12-9-15(21)17(16(22)10-12)18(23,24)28-19(25,26)27/h4,6,8-10H,2-3,5,7H2,1H3. The van der Waals surface area contributed by atoms with Gasteiger partial charge in [-0.2, -0.15) is 8.78 Å². The fourth-order valence-electron chi connectivity index (χ4n) is 2.76. The van der Waals surface area contributed by atoms with E-state index in [1.807, 2.05) is 6.92 Å². The minimum atomic E-state index is -5.79. The minimum Gasteiger partial charge on any atom is -0.222 e. The van der Waals surface area contributed by atoms with Crippen molar-refractivity contribution in [3.8, 4) is 0 Å². The van der Waals surface area contributed by atoms with E-state index in [0.717, 1.165) is 12.0 Å². The maximum atomic E-state index is 14.0. The van der Waals surface area contributed by atoms with Crippen LogP contribution in [0.25, 0.3) is 0 Å². The SMILES string of the molecule is CCCc1ccc(CCc2cc(F)c(C(F)(F)OC(F)(F)F)c(F)c2)c(F)c1. The van der Waals surface area contributed by atoms with Crippen LogP contribution in [-0.4, -0.2) is 6.36 Å². The largest absolute Gasteiger partial charge is 0.527 e. The molecule has 0 amide bonds. The lowest BCUT2D eigenvalue weighted by Gasteiger charge is -2.20. The molecule has 0 saturated heterocycles. The highest BCUT2D eigenvalue weighted by Crippen LogP contribution is 2.39. The summed E-state index contributed by atoms with van der Waals surface area (Å²) in [5.74, 6) is -4.28. The first-order chi connectivity index (χ1) is 12.9. The Hall–Kier alpha value is -2.16. The zero-order chi connectivity index (χ0) is 21.1. The van der Waals surface area contributed by atoms with Crippen LogP contribution in [0.2, 0.25) is 0 Å². The second-order valence-corrected chi connectivity index (χ2v) is 6.17. The molecule has 0 N–H and O–H groups in total. The predicted molar refractivity (Wildman–Crippen MR) is 85.2 cm³/mol. The lowest BCUT2D eigenvalue weighted by Crippen LogP contribution is -2.29. The maximum Gasteiger partial charge on any atom is 0.527 e. The normalized spacial score (nSPS) is 12.5. The van der Waals surface area contributed by atoms with E-state index in [-0.39, 0.29) is 24.0 Å². The van der Waals surface area contributed by atoms with E-state index < -0.39 is 35.5 Å². The van der Waals surface area contributed by atoms with Crippen LogP contribution in [0.5, 0.6) is 0 Å². The number of hydrogen-bond donors (Lipinski definition) is 0. The minimum absolute atomic E-state index is 0.0198. The third-order valence-corrected chi connectivity index (χ3v) is 3.98. The number of aryl methyl sites for hydroxylation is 3. The van der Waals surface area contributed by atoms with Crippen molar-refractivity contribution in [3.63, 3.8) is 0 Å². The summed E-state index contributed by atoms with van der Waals surface area (Å²) in [6.07, 6.45) is -9.60. The fourth-order valence-corrected chi connectivity index (χ4v) is 2.76. The molecule has 0 saturated carbocycles. The van der Waals surface area contributed by atoms with Gasteiger partial charge in [0.05, 0.1) is 0 Å². The molecule has 0 bridgehead atoms. The first kappa shape index (κ1) is 22.1. The zero-order valence-electron chi connectivity index (χ0n) is 14.6. The summed E-state index contributed by atoms with van der Waals surface area (Å²) in [5.41, 5.74) is -1.20. The van der Waals surface area contributed by atoms with Crippen molar-refractivity contribution in [2.75, 3.05) is 0 Å². The summed E-state index contributed by atoms with van der Waals surface area (Å²) in [4.78, 5) is 0. The van der Waals surface area contributed by atoms with Gasteiger partial charge in [0.25, 0.3) is 0 Å². The fraction of sp³-hybridized carbons (Fsp3) is 0.368. The van der Waals surface area contributed by atoms with E-state index >= 15 is 0 Å². The molecule has 2 aromatic rings. The molecule has 0 radical (unpaired) electrons. The molecule has 0 atom stereocenters. The molecule has 0 heterocycles. The molecular weight excluding hydrogens is 396 g/mol. The predicted octanol–water partition coefficient (Wildman–Crippen LogP) is 6.43. The number of hydrogen-bond acceptors (Lipinski definition) is 1. The van der Waals surface area contributed by atoms with Crippen molar-refractivity contribution >= 4 is 0 Å². The lowest BCUT2D eigenvalue weighted by atomic mass is 10.00. The van der Waals surface area contributed by atoms with Gasteiger partial charge in [-0.1, -0.05) is 25.5 Å². The van der Waals surface area contributed by atoms with Gasteiger partial charge in [-0.05, 0) is 54.2 Å². The first-order valence-corrected chi connectivity index (χ1v) is 8.33. The average Bonchev–Trinajstić information content (AvgIpc) is 2.51. The van der Waals surface area contributed by atoms with Gasteiger partial charge in [-0.15, -0.1) is 13.2 Å². The van der Waals surface area contributed by atoms with Gasteiger partial charge in [0, 0.05) is 0 Å². The van der Waals surface area contributed by atoms with Gasteiger partial charge >= 0.3 is 12.5 Å². The molecule has 154 valence electrons. The highest BCUT2D eigenvalue weighted by molar-refractivity contribution is 5.30. The number of ether oxygens (including phenoxy) is 1. The molecule has 0 aliphatic rings. The lowest BCUT2D eigenvalue weighted by molar-refractivity contribution is -0.432. The molecule has 2 aromatic carbocycles. The average molecular weight is 412 g/mol. The topological polar surface area (TPSA) is 9.23 Å². The number of halogens is 8. The Morgan fingerprint density at radius 3 is 1.82 bits per heavy atom. The smallest absolute Gasteiger partial charge is 0.222 e. The first-order valence-electron chi connectivity index (χ1n) is 8.33. The molecule has 28 heavy (non-hydrogen) atoms. The van der Waals surface area contributed by atoms with Crippen molar-refractivity contribution in [1.82, 2.24) is 0 Å². The number of rotatable bonds is 7. The summed E-state index contributed by atoms with van der Waals surface area (Å²) in [6, 6.07) is 5.54. The molecule has 0 aliphatic carbocycles. The third kappa shape index (κ3) is 5.67. The van der Waals surface area contributed by atoms with Gasteiger partial charge < -0.3 is 0 Å². The van der Waals surface area contributed by atoms with Crippen molar-refractivity contribution in [2.45, 2.75) is 45.1 Å². The highest BCUT2D eigenvalue weighted by atomic mass is 19.4. The van der Waals surface area contributed by atoms with E-state index in [2.05, 4.69) is 4.74 Å². The van der Waals surface area contributed by atoms with Crippen molar-refractivity contribution in [2.24, 2.45) is 0 Å². The molecule has 0 fully saturated rings. The second kappa shape index (κ2) is 8.46. The summed E-state index contributed by atoms with van der Waals surface area (Å²) in [6.45, 7) is 1.93. The summed E-state index contributed by atoms with van der Waals surface area (Å²) >= 11 is 0. The van der Waals surface area contributed by atoms with E-state index in [4.69, 9.17) is 0 Å². The van der Waals surface area contributed by atoms with Crippen molar-refractivity contribution in [3.05, 3.63) is 70.0 Å². The Kier molecular flexibility index (Phi) is 6.69. The summed E-state index contributed by atoms with van der Waals surface area (Å²) < 4.78 is 107. The van der Waals surface area contributed by atoms with Crippen LogP contribution in [-0.2, 0) is 30.1 Å². The Morgan fingerprint density at radius 1 is 0.750 bits per heavy atom. The molecular formula is C19H16F8O. The van der Waals surface area contributed by atoms with Gasteiger partial charge in [0.2, 0.25) is 0 Å². The van der Waals surface area contributed by atoms with Crippen molar-refractivity contribution in [1.29, 1.82) is 0 Å². The number of benzene rings is 2. The highest BCUT2D eigenvalue weighted by Gasteiger charge is 2.49. The van der Waals surface area contributed by atoms with Crippen LogP contribution >= 0.6 is 0 Å². The Balaban J connectivity index is 2.19. The Bertz CT molecular complexity index is 806. The van der Waals surface area contributed by atoms with Crippen LogP contribution in [0.3, 0.4) is 0 Å². The van der Waals surface area contributed by atoms with E-state index in [1.54, 1.807) is 6.07 Å². The van der Waals surface area contributed by atoms with E-state index in [1.165, 1.54) is 12.1 Å². The third-order valence-electron chi connectivity index (χ3n) is 3.98. The Labute approximate surface area is 155 Å². The number of alkyl halides is 5. The molecule has 0 aliphatic heterocycles. The molecule has 0 unspecified atom stereocenters. The summed E-state index contributed by atoms with van der Waals surface area (Å²) in [7, 11) is 0. The Morgan fingerprint density at radius 2 is 1.32 bits per heavy atom. The quantitative estimate of drug-likeness (QED) is 0.477. The van der Waals surface area contributed by atoms with Crippen LogP contribution in [0, 0.1) is 17.5 Å². The van der Waals surface area contributed by atoms with Crippen LogP contribution < -0.4 is 0 Å². The van der Waals surface area contributed by atoms with Gasteiger partial charge in [0.1, 0.15) is 23.0 Å². The van der Waals surface area contributed by atoms with E-state index in [0.29, 0.717) is 18.6 Å². The maximum absolute atomic E-state index is 14.0. The van der Waals surface area contributed by atoms with Crippen molar-refractivity contribution < 1.29 is 39.9 Å². The molecule has 2 rings (SSSR count). The van der Waals surface area contributed by atoms with Gasteiger partial charge in [-0.25, -0.2) is 17.9 Å². The van der Waals surface area contributed by atoms with E-state index in [9.17, 15) is 35.1 Å². The van der Waals surface area contributed by atoms with Crippen LogP contribution in [0.4, 0.5) is 35.1 Å². The van der Waals surface area contributed by atoms with Crippen LogP contribution in [0.15, 0.2) is 30.3 Å². The zero-order valence-corrected chi connectivity index (χ0v) is 14.6. The molecule has 9 heteroatoms. The molecule has 0 aromatic heterocycles. The van der Waals surface area contributed by atoms with Gasteiger partial charge in [-0.3, -0.25) is 0 Å². The van der Waals surface area contributed by atoms with Gasteiger partial charge in [0.15, 0.2) is 0 Å². The second-order valence-electron chi connectivity index (χ2n) is 6.17. The van der Waals surface area contributed by atoms with Crippen LogP contribution in [0.1, 0.15) is 35.6 Å². The summed E-state index contributed by atoms with van der Waals surface area (Å²) in [5, 5.41) is 0. The molecule has 0 spiro atoms.